The SMILES string of the molecule is COc1cc(C(=O)N(c2ccc(C)cc2)S(=O)(=O)c2ccccc2)c(Br)c(OC)c1OC. The van der Waals surface area contributed by atoms with Crippen LogP contribution in [-0.4, -0.2) is 35.7 Å². The molecule has 0 fully saturated rings. The first-order valence-corrected chi connectivity index (χ1v) is 11.7. The molecular weight excluding hydrogens is 498 g/mol. The highest BCUT2D eigenvalue weighted by Gasteiger charge is 2.34. The highest BCUT2D eigenvalue weighted by molar-refractivity contribution is 9.10. The number of anilines is 1. The van der Waals surface area contributed by atoms with E-state index >= 15 is 0 Å². The van der Waals surface area contributed by atoms with Crippen molar-refractivity contribution in [3.8, 4) is 17.2 Å². The second kappa shape index (κ2) is 9.62. The molecule has 0 atom stereocenters. The number of amides is 1. The van der Waals surface area contributed by atoms with Crippen LogP contribution in [0.1, 0.15) is 15.9 Å². The fraction of sp³-hybridized carbons (Fsp3) is 0.174. The van der Waals surface area contributed by atoms with Crippen molar-refractivity contribution in [2.75, 3.05) is 25.6 Å². The molecule has 9 heteroatoms. The first kappa shape index (κ1) is 23.6. The smallest absolute Gasteiger partial charge is 0.273 e. The van der Waals surface area contributed by atoms with Gasteiger partial charge in [0, 0.05) is 0 Å². The number of nitrogens with zero attached hydrogens (tertiary/aromatic N) is 1. The van der Waals surface area contributed by atoms with Crippen LogP contribution in [0.4, 0.5) is 5.69 Å². The Kier molecular flexibility index (Phi) is 7.10. The molecule has 0 aromatic heterocycles. The summed E-state index contributed by atoms with van der Waals surface area (Å²) in [5.41, 5.74) is 1.15. The zero-order valence-corrected chi connectivity index (χ0v) is 20.4. The monoisotopic (exact) mass is 519 g/mol. The van der Waals surface area contributed by atoms with E-state index in [-0.39, 0.29) is 37.9 Å². The average Bonchev–Trinajstić information content (AvgIpc) is 2.80. The summed E-state index contributed by atoms with van der Waals surface area (Å²) in [4.78, 5) is 13.8. The summed E-state index contributed by atoms with van der Waals surface area (Å²) in [6.07, 6.45) is 0. The molecule has 0 aliphatic rings. The number of carbonyl (C=O) groups excluding carboxylic acids is 1. The van der Waals surface area contributed by atoms with E-state index in [9.17, 15) is 13.2 Å². The maximum atomic E-state index is 13.8. The molecule has 168 valence electrons. The van der Waals surface area contributed by atoms with Crippen LogP contribution in [0.2, 0.25) is 0 Å². The van der Waals surface area contributed by atoms with Gasteiger partial charge in [0.2, 0.25) is 5.75 Å². The van der Waals surface area contributed by atoms with E-state index < -0.39 is 15.9 Å². The van der Waals surface area contributed by atoms with Crippen LogP contribution in [0.5, 0.6) is 17.2 Å². The number of hydrogen-bond acceptors (Lipinski definition) is 6. The first-order valence-electron chi connectivity index (χ1n) is 9.46. The van der Waals surface area contributed by atoms with Gasteiger partial charge in [-0.05, 0) is 53.2 Å². The molecule has 0 aliphatic carbocycles. The van der Waals surface area contributed by atoms with Gasteiger partial charge in [0.1, 0.15) is 0 Å². The number of benzene rings is 3. The van der Waals surface area contributed by atoms with Gasteiger partial charge >= 0.3 is 0 Å². The van der Waals surface area contributed by atoms with Gasteiger partial charge in [0.05, 0.1) is 41.9 Å². The summed E-state index contributed by atoms with van der Waals surface area (Å²) in [6.45, 7) is 1.87. The van der Waals surface area contributed by atoms with Crippen molar-refractivity contribution in [3.05, 3.63) is 76.3 Å². The van der Waals surface area contributed by atoms with Crippen molar-refractivity contribution < 1.29 is 27.4 Å². The molecule has 0 unspecified atom stereocenters. The van der Waals surface area contributed by atoms with E-state index in [1.807, 2.05) is 6.92 Å². The van der Waals surface area contributed by atoms with Gasteiger partial charge in [-0.3, -0.25) is 4.79 Å². The van der Waals surface area contributed by atoms with Gasteiger partial charge in [-0.1, -0.05) is 35.9 Å². The van der Waals surface area contributed by atoms with Gasteiger partial charge < -0.3 is 14.2 Å². The number of halogens is 1. The summed E-state index contributed by atoms with van der Waals surface area (Å²) < 4.78 is 44.3. The molecule has 0 radical (unpaired) electrons. The second-order valence-corrected chi connectivity index (χ2v) is 9.31. The third-order valence-corrected chi connectivity index (χ3v) is 7.25. The maximum absolute atomic E-state index is 13.8. The van der Waals surface area contributed by atoms with E-state index in [4.69, 9.17) is 14.2 Å². The lowest BCUT2D eigenvalue weighted by Crippen LogP contribution is -2.37. The van der Waals surface area contributed by atoms with E-state index in [0.717, 1.165) is 9.87 Å². The molecular formula is C23H22BrNO6S. The van der Waals surface area contributed by atoms with Crippen LogP contribution in [0.15, 0.2) is 70.0 Å². The Labute approximate surface area is 195 Å². The normalized spacial score (nSPS) is 11.0. The Morgan fingerprint density at radius 1 is 0.875 bits per heavy atom. The van der Waals surface area contributed by atoms with Crippen molar-refractivity contribution >= 4 is 37.5 Å². The molecule has 3 aromatic rings. The Morgan fingerprint density at radius 2 is 1.47 bits per heavy atom. The van der Waals surface area contributed by atoms with Crippen LogP contribution in [0.3, 0.4) is 0 Å². The average molecular weight is 520 g/mol. The predicted molar refractivity (Wildman–Crippen MR) is 125 cm³/mol. The minimum Gasteiger partial charge on any atom is -0.493 e. The molecule has 0 heterocycles. The zero-order chi connectivity index (χ0) is 23.5. The number of ether oxygens (including phenoxy) is 3. The van der Waals surface area contributed by atoms with E-state index in [1.54, 1.807) is 42.5 Å². The molecule has 0 saturated carbocycles. The number of sulfonamides is 1. The van der Waals surface area contributed by atoms with Crippen molar-refractivity contribution in [1.29, 1.82) is 0 Å². The first-order chi connectivity index (χ1) is 15.3. The fourth-order valence-corrected chi connectivity index (χ4v) is 5.18. The van der Waals surface area contributed by atoms with Crippen molar-refractivity contribution in [2.45, 2.75) is 11.8 Å². The molecule has 0 spiro atoms. The second-order valence-electron chi connectivity index (χ2n) is 6.73. The van der Waals surface area contributed by atoms with Crippen molar-refractivity contribution in [2.24, 2.45) is 0 Å². The minimum atomic E-state index is -4.24. The number of rotatable bonds is 7. The fourth-order valence-electron chi connectivity index (χ4n) is 3.13. The Bertz CT molecular complexity index is 1230. The number of hydrogen-bond donors (Lipinski definition) is 0. The van der Waals surface area contributed by atoms with Crippen LogP contribution in [0.25, 0.3) is 0 Å². The standard InChI is InChI=1S/C23H22BrNO6S/c1-15-10-12-16(13-11-15)25(32(27,28)17-8-6-5-7-9-17)23(26)18-14-19(29-2)21(30-3)22(31-4)20(18)24/h5-14H,1-4H3. The topological polar surface area (TPSA) is 82.1 Å². The maximum Gasteiger partial charge on any atom is 0.273 e. The summed E-state index contributed by atoms with van der Waals surface area (Å²) in [5, 5.41) is 0. The molecule has 3 rings (SSSR count). The molecule has 0 N–H and O–H groups in total. The van der Waals surface area contributed by atoms with E-state index in [2.05, 4.69) is 15.9 Å². The molecule has 0 bridgehead atoms. The highest BCUT2D eigenvalue weighted by atomic mass is 79.9. The molecule has 1 amide bonds. The molecule has 0 aliphatic heterocycles. The lowest BCUT2D eigenvalue weighted by atomic mass is 10.1. The Morgan fingerprint density at radius 3 is 2.00 bits per heavy atom. The van der Waals surface area contributed by atoms with E-state index in [1.165, 1.54) is 39.5 Å². The highest BCUT2D eigenvalue weighted by Crippen LogP contribution is 2.45. The molecule has 7 nitrogen and oxygen atoms in total. The van der Waals surface area contributed by atoms with Gasteiger partial charge in [-0.15, -0.1) is 0 Å². The summed E-state index contributed by atoms with van der Waals surface area (Å²) >= 11 is 3.37. The lowest BCUT2D eigenvalue weighted by Gasteiger charge is -2.24. The Balaban J connectivity index is 2.27. The number of aryl methyl sites for hydroxylation is 1. The van der Waals surface area contributed by atoms with E-state index in [0.29, 0.717) is 0 Å². The largest absolute Gasteiger partial charge is 0.493 e. The van der Waals surface area contributed by atoms with Gasteiger partial charge in [-0.25, -0.2) is 8.42 Å². The summed E-state index contributed by atoms with van der Waals surface area (Å²) in [7, 11) is 0.0275. The zero-order valence-electron chi connectivity index (χ0n) is 18.0. The predicted octanol–water partition coefficient (Wildman–Crippen LogP) is 4.82. The lowest BCUT2D eigenvalue weighted by molar-refractivity contribution is 0.100. The number of carbonyl (C=O) groups is 1. The van der Waals surface area contributed by atoms with Crippen molar-refractivity contribution in [1.82, 2.24) is 0 Å². The van der Waals surface area contributed by atoms with Crippen LogP contribution in [-0.2, 0) is 10.0 Å². The van der Waals surface area contributed by atoms with Crippen LogP contribution in [0, 0.1) is 6.92 Å². The quantitative estimate of drug-likeness (QED) is 0.445. The Hall–Kier alpha value is -3.04. The minimum absolute atomic E-state index is 0.0162. The third kappa shape index (κ3) is 4.31. The number of methoxy groups -OCH3 is 3. The van der Waals surface area contributed by atoms with Gasteiger partial charge in [0.15, 0.2) is 11.5 Å². The third-order valence-electron chi connectivity index (χ3n) is 4.73. The molecule has 32 heavy (non-hydrogen) atoms. The summed E-state index contributed by atoms with van der Waals surface area (Å²) in [6, 6.07) is 15.8. The van der Waals surface area contributed by atoms with Crippen LogP contribution >= 0.6 is 15.9 Å². The van der Waals surface area contributed by atoms with Gasteiger partial charge in [0.25, 0.3) is 15.9 Å². The summed E-state index contributed by atoms with van der Waals surface area (Å²) in [5.74, 6) is -0.0944. The van der Waals surface area contributed by atoms with Crippen LogP contribution < -0.4 is 18.5 Å². The van der Waals surface area contributed by atoms with Gasteiger partial charge in [-0.2, -0.15) is 4.31 Å². The molecule has 3 aromatic carbocycles. The molecule has 0 saturated heterocycles. The van der Waals surface area contributed by atoms with Crippen molar-refractivity contribution in [3.63, 3.8) is 0 Å².